The molecule has 2 rings (SSSR count). The number of carbonyl (C=O) groups excluding carboxylic acids is 1. The second-order valence-electron chi connectivity index (χ2n) is 5.19. The number of amides is 2. The van der Waals surface area contributed by atoms with Crippen molar-refractivity contribution >= 4 is 17.4 Å². The zero-order valence-corrected chi connectivity index (χ0v) is 12.9. The molecule has 1 aromatic heterocycles. The molecule has 6 heteroatoms. The first kappa shape index (κ1) is 15.3. The van der Waals surface area contributed by atoms with Crippen molar-refractivity contribution in [1.82, 2.24) is 15.6 Å². The molecule has 2 heterocycles. The molecule has 3 atom stereocenters. The van der Waals surface area contributed by atoms with Crippen molar-refractivity contribution in [3.05, 3.63) is 16.6 Å². The van der Waals surface area contributed by atoms with Gasteiger partial charge in [0.15, 0.2) is 0 Å². The second-order valence-corrected chi connectivity index (χ2v) is 6.12. The summed E-state index contributed by atoms with van der Waals surface area (Å²) in [6.07, 6.45) is 4.98. The van der Waals surface area contributed by atoms with Crippen molar-refractivity contribution in [2.24, 2.45) is 0 Å². The molecular weight excluding hydrogens is 274 g/mol. The monoisotopic (exact) mass is 297 g/mol. The van der Waals surface area contributed by atoms with E-state index >= 15 is 0 Å². The smallest absolute Gasteiger partial charge is 0.315 e. The number of thiazole rings is 1. The van der Waals surface area contributed by atoms with Crippen LogP contribution in [0.25, 0.3) is 0 Å². The lowest BCUT2D eigenvalue weighted by Gasteiger charge is -2.23. The molecule has 0 radical (unpaired) electrons. The Labute approximate surface area is 124 Å². The molecule has 20 heavy (non-hydrogen) atoms. The van der Waals surface area contributed by atoms with Crippen LogP contribution in [0.2, 0.25) is 0 Å². The van der Waals surface area contributed by atoms with Crippen molar-refractivity contribution in [3.63, 3.8) is 0 Å². The topological polar surface area (TPSA) is 63.2 Å². The first-order chi connectivity index (χ1) is 9.70. The lowest BCUT2D eigenvalue weighted by molar-refractivity contribution is 0.0796. The van der Waals surface area contributed by atoms with Crippen molar-refractivity contribution in [1.29, 1.82) is 0 Å². The predicted molar refractivity (Wildman–Crippen MR) is 80.1 cm³/mol. The number of rotatable bonds is 6. The predicted octanol–water partition coefficient (Wildman–Crippen LogP) is 2.50. The number of nitrogens with one attached hydrogen (secondary N) is 2. The van der Waals surface area contributed by atoms with Crippen molar-refractivity contribution in [3.8, 4) is 0 Å². The summed E-state index contributed by atoms with van der Waals surface area (Å²) in [7, 11) is 0. The van der Waals surface area contributed by atoms with Gasteiger partial charge in [0.1, 0.15) is 0 Å². The number of urea groups is 1. The molecule has 0 aliphatic carbocycles. The summed E-state index contributed by atoms with van der Waals surface area (Å²) in [6, 6.07) is -0.0107. The Morgan fingerprint density at radius 2 is 2.50 bits per heavy atom. The van der Waals surface area contributed by atoms with Crippen LogP contribution in [0, 0.1) is 0 Å². The summed E-state index contributed by atoms with van der Waals surface area (Å²) in [5.74, 6) is 0.239. The van der Waals surface area contributed by atoms with Gasteiger partial charge in [-0.2, -0.15) is 0 Å². The van der Waals surface area contributed by atoms with Gasteiger partial charge in [0, 0.05) is 30.6 Å². The number of aromatic nitrogens is 1. The molecular formula is C14H23N3O2S. The molecule has 2 amide bonds. The maximum Gasteiger partial charge on any atom is 0.315 e. The third kappa shape index (κ3) is 4.18. The fourth-order valence-electron chi connectivity index (χ4n) is 2.41. The minimum Gasteiger partial charge on any atom is -0.376 e. The largest absolute Gasteiger partial charge is 0.376 e. The summed E-state index contributed by atoms with van der Waals surface area (Å²) in [5, 5.41) is 8.94. The Balaban J connectivity index is 1.73. The standard InChI is InChI=1S/C14H23N3O2S/c1-3-11(12-5-4-7-19-12)17-14(18)16-9-10(2)13-15-6-8-20-13/h6,8,10-12H,3-5,7,9H2,1-2H3,(H2,16,17,18)/t10-,11-,12+/m0/s1. The highest BCUT2D eigenvalue weighted by Gasteiger charge is 2.25. The molecule has 2 N–H and O–H groups in total. The van der Waals surface area contributed by atoms with Crippen LogP contribution in [0.5, 0.6) is 0 Å². The van der Waals surface area contributed by atoms with E-state index in [1.54, 1.807) is 17.5 Å². The molecule has 1 aromatic rings. The number of hydrogen-bond donors (Lipinski definition) is 2. The van der Waals surface area contributed by atoms with Gasteiger partial charge in [-0.15, -0.1) is 11.3 Å². The van der Waals surface area contributed by atoms with E-state index in [1.807, 2.05) is 5.38 Å². The zero-order valence-electron chi connectivity index (χ0n) is 12.1. The average molecular weight is 297 g/mol. The van der Waals surface area contributed by atoms with Gasteiger partial charge in [0.05, 0.1) is 17.2 Å². The molecule has 0 saturated carbocycles. The highest BCUT2D eigenvalue weighted by molar-refractivity contribution is 7.09. The molecule has 0 aromatic carbocycles. The van der Waals surface area contributed by atoms with Crippen molar-refractivity contribution < 1.29 is 9.53 Å². The molecule has 1 fully saturated rings. The highest BCUT2D eigenvalue weighted by atomic mass is 32.1. The van der Waals surface area contributed by atoms with Crippen molar-refractivity contribution in [2.45, 2.75) is 51.2 Å². The molecule has 1 aliphatic rings. The fourth-order valence-corrected chi connectivity index (χ4v) is 3.11. The average Bonchev–Trinajstić information content (AvgIpc) is 3.14. The maximum atomic E-state index is 11.9. The Bertz CT molecular complexity index is 405. The van der Waals surface area contributed by atoms with Crippen LogP contribution in [0.3, 0.4) is 0 Å². The second kappa shape index (κ2) is 7.59. The highest BCUT2D eigenvalue weighted by Crippen LogP contribution is 2.18. The Morgan fingerprint density at radius 3 is 3.10 bits per heavy atom. The molecule has 0 spiro atoms. The molecule has 5 nitrogen and oxygen atoms in total. The van der Waals surface area contributed by atoms with Gasteiger partial charge in [-0.1, -0.05) is 13.8 Å². The van der Waals surface area contributed by atoms with Crippen LogP contribution < -0.4 is 10.6 Å². The van der Waals surface area contributed by atoms with Crippen LogP contribution in [0.1, 0.15) is 44.0 Å². The minimum absolute atomic E-state index is 0.104. The number of carbonyl (C=O) groups is 1. The van der Waals surface area contributed by atoms with Crippen LogP contribution in [-0.4, -0.2) is 36.3 Å². The quantitative estimate of drug-likeness (QED) is 0.848. The van der Waals surface area contributed by atoms with Gasteiger partial charge in [-0.3, -0.25) is 0 Å². The SMILES string of the molecule is CC[C@H](NC(=O)NC[C@H](C)c1nccs1)[C@H]1CCCO1. The van der Waals surface area contributed by atoms with Gasteiger partial charge < -0.3 is 15.4 Å². The summed E-state index contributed by atoms with van der Waals surface area (Å²) < 4.78 is 5.64. The third-order valence-corrected chi connectivity index (χ3v) is 4.62. The normalized spacial score (nSPS) is 21.4. The van der Waals surface area contributed by atoms with Gasteiger partial charge in [0.25, 0.3) is 0 Å². The van der Waals surface area contributed by atoms with E-state index in [2.05, 4.69) is 29.5 Å². The molecule has 112 valence electrons. The van der Waals surface area contributed by atoms with Crippen LogP contribution in [0.4, 0.5) is 4.79 Å². The minimum atomic E-state index is -0.115. The first-order valence-electron chi connectivity index (χ1n) is 7.26. The maximum absolute atomic E-state index is 11.9. The van der Waals surface area contributed by atoms with E-state index in [0.29, 0.717) is 6.54 Å². The molecule has 1 aliphatic heterocycles. The van der Waals surface area contributed by atoms with Crippen LogP contribution >= 0.6 is 11.3 Å². The summed E-state index contributed by atoms with van der Waals surface area (Å²) >= 11 is 1.62. The Kier molecular flexibility index (Phi) is 5.79. The lowest BCUT2D eigenvalue weighted by atomic mass is 10.1. The third-order valence-electron chi connectivity index (χ3n) is 3.61. The molecule has 1 saturated heterocycles. The Morgan fingerprint density at radius 1 is 1.65 bits per heavy atom. The first-order valence-corrected chi connectivity index (χ1v) is 8.14. The summed E-state index contributed by atoms with van der Waals surface area (Å²) in [4.78, 5) is 16.2. The molecule has 0 unspecified atom stereocenters. The number of ether oxygens (including phenoxy) is 1. The van der Waals surface area contributed by atoms with Gasteiger partial charge in [-0.25, -0.2) is 9.78 Å². The van der Waals surface area contributed by atoms with Gasteiger partial charge in [-0.05, 0) is 19.3 Å². The van der Waals surface area contributed by atoms with Crippen molar-refractivity contribution in [2.75, 3.05) is 13.2 Å². The van der Waals surface area contributed by atoms with E-state index in [4.69, 9.17) is 4.74 Å². The fraction of sp³-hybridized carbons (Fsp3) is 0.714. The van der Waals surface area contributed by atoms with Crippen LogP contribution in [-0.2, 0) is 4.74 Å². The Hall–Kier alpha value is -1.14. The van der Waals surface area contributed by atoms with Gasteiger partial charge in [0.2, 0.25) is 0 Å². The number of hydrogen-bond acceptors (Lipinski definition) is 4. The van der Waals surface area contributed by atoms with E-state index in [0.717, 1.165) is 30.9 Å². The van der Waals surface area contributed by atoms with Gasteiger partial charge >= 0.3 is 6.03 Å². The van der Waals surface area contributed by atoms with E-state index < -0.39 is 0 Å². The summed E-state index contributed by atoms with van der Waals surface area (Å²) in [6.45, 7) is 5.55. The molecule has 0 bridgehead atoms. The summed E-state index contributed by atoms with van der Waals surface area (Å²) in [5.41, 5.74) is 0. The zero-order chi connectivity index (χ0) is 14.4. The van der Waals surface area contributed by atoms with E-state index in [1.165, 1.54) is 0 Å². The lowest BCUT2D eigenvalue weighted by Crippen LogP contribution is -2.47. The van der Waals surface area contributed by atoms with E-state index in [9.17, 15) is 4.79 Å². The van der Waals surface area contributed by atoms with Crippen LogP contribution in [0.15, 0.2) is 11.6 Å². The van der Waals surface area contributed by atoms with E-state index in [-0.39, 0.29) is 24.1 Å². The number of nitrogens with zero attached hydrogens (tertiary/aromatic N) is 1.